The molecule has 1 aromatic heterocycles. The lowest BCUT2D eigenvalue weighted by Crippen LogP contribution is -2.30. The van der Waals surface area contributed by atoms with Crippen LogP contribution in [0.1, 0.15) is 44.7 Å². The predicted octanol–water partition coefficient (Wildman–Crippen LogP) is 2.70. The van der Waals surface area contributed by atoms with Crippen LogP contribution >= 0.6 is 0 Å². The van der Waals surface area contributed by atoms with Crippen molar-refractivity contribution in [3.05, 3.63) is 41.1 Å². The molecule has 0 fully saturated rings. The van der Waals surface area contributed by atoms with E-state index in [1.165, 1.54) is 0 Å². The minimum absolute atomic E-state index is 0.372. The Morgan fingerprint density at radius 2 is 2.12 bits per heavy atom. The van der Waals surface area contributed by atoms with E-state index < -0.39 is 6.04 Å². The van der Waals surface area contributed by atoms with Gasteiger partial charge in [0.25, 0.3) is 0 Å². The van der Waals surface area contributed by atoms with Crippen LogP contribution in [0.15, 0.2) is 35.5 Å². The number of rotatable bonds is 7. The second kappa shape index (κ2) is 7.99. The van der Waals surface area contributed by atoms with E-state index in [2.05, 4.69) is 27.8 Å². The smallest absolute Gasteiger partial charge is 0.338 e. The fourth-order valence-corrected chi connectivity index (χ4v) is 3.05. The first kappa shape index (κ1) is 17.9. The first-order valence-electron chi connectivity index (χ1n) is 8.73. The van der Waals surface area contributed by atoms with Crippen LogP contribution in [0, 0.1) is 0 Å². The molecule has 0 saturated heterocycles. The largest absolute Gasteiger partial charge is 0.496 e. The summed E-state index contributed by atoms with van der Waals surface area (Å²) in [6.07, 6.45) is 2.94. The number of anilines is 1. The molecule has 1 atom stereocenters. The molecule has 1 aliphatic heterocycles. The van der Waals surface area contributed by atoms with Crippen LogP contribution in [0.25, 0.3) is 0 Å². The molecule has 0 aliphatic carbocycles. The summed E-state index contributed by atoms with van der Waals surface area (Å²) in [7, 11) is 1.60. The molecule has 2 aromatic rings. The van der Waals surface area contributed by atoms with Crippen molar-refractivity contribution in [3.8, 4) is 5.75 Å². The third-order valence-electron chi connectivity index (χ3n) is 4.35. The van der Waals surface area contributed by atoms with Crippen molar-refractivity contribution in [2.75, 3.05) is 19.0 Å². The Morgan fingerprint density at radius 3 is 2.88 bits per heavy atom. The van der Waals surface area contributed by atoms with E-state index in [0.29, 0.717) is 29.6 Å². The number of aromatic nitrogens is 4. The summed E-state index contributed by atoms with van der Waals surface area (Å²) in [5.41, 5.74) is 1.94. The minimum atomic E-state index is -0.518. The minimum Gasteiger partial charge on any atom is -0.496 e. The fourth-order valence-electron chi connectivity index (χ4n) is 3.05. The average molecular weight is 357 g/mol. The number of tetrazole rings is 1. The number of fused-ring (bicyclic) bond motifs is 1. The first-order valence-corrected chi connectivity index (χ1v) is 8.73. The summed E-state index contributed by atoms with van der Waals surface area (Å²) in [6, 6.07) is 7.00. The zero-order valence-corrected chi connectivity index (χ0v) is 15.2. The Balaban J connectivity index is 1.98. The number of carbonyl (C=O) groups excluding carboxylic acids is 1. The first-order chi connectivity index (χ1) is 12.7. The summed E-state index contributed by atoms with van der Waals surface area (Å²) in [4.78, 5) is 12.8. The number of esters is 1. The topological polar surface area (TPSA) is 91.2 Å². The number of nitrogens with one attached hydrogen (secondary N) is 1. The highest BCUT2D eigenvalue weighted by Crippen LogP contribution is 2.38. The average Bonchev–Trinajstić information content (AvgIpc) is 3.11. The molecular formula is C18H23N5O3. The van der Waals surface area contributed by atoms with Gasteiger partial charge in [-0.15, -0.1) is 0 Å². The van der Waals surface area contributed by atoms with Crippen LogP contribution in [0.3, 0.4) is 0 Å². The van der Waals surface area contributed by atoms with Gasteiger partial charge in [0.15, 0.2) is 0 Å². The lowest BCUT2D eigenvalue weighted by atomic mass is 9.95. The number of nitrogens with zero attached hydrogens (tertiary/aromatic N) is 4. The van der Waals surface area contributed by atoms with E-state index in [1.54, 1.807) is 11.8 Å². The maximum absolute atomic E-state index is 12.8. The molecule has 0 saturated carbocycles. The number of hydrogen-bond donors (Lipinski definition) is 1. The Morgan fingerprint density at radius 1 is 1.31 bits per heavy atom. The molecule has 8 heteroatoms. The maximum atomic E-state index is 12.8. The second-order valence-electron chi connectivity index (χ2n) is 6.10. The Labute approximate surface area is 152 Å². The van der Waals surface area contributed by atoms with Crippen molar-refractivity contribution in [3.63, 3.8) is 0 Å². The SMILES string of the molecule is CCCCCOC(=O)C1=C(C)Nc2nnnn2[C@@H]1c1ccccc1OC. The quantitative estimate of drug-likeness (QED) is 0.602. The Kier molecular flexibility index (Phi) is 5.50. The van der Waals surface area contributed by atoms with Crippen LogP contribution in [0.5, 0.6) is 5.75 Å². The number of benzene rings is 1. The third-order valence-corrected chi connectivity index (χ3v) is 4.35. The lowest BCUT2D eigenvalue weighted by molar-refractivity contribution is -0.139. The van der Waals surface area contributed by atoms with Crippen molar-refractivity contribution < 1.29 is 14.3 Å². The number of methoxy groups -OCH3 is 1. The van der Waals surface area contributed by atoms with E-state index in [9.17, 15) is 4.79 Å². The van der Waals surface area contributed by atoms with Crippen molar-refractivity contribution >= 4 is 11.9 Å². The Bertz CT molecular complexity index is 815. The van der Waals surface area contributed by atoms with Gasteiger partial charge in [-0.3, -0.25) is 0 Å². The van der Waals surface area contributed by atoms with Gasteiger partial charge in [-0.25, -0.2) is 4.79 Å². The molecule has 1 N–H and O–H groups in total. The van der Waals surface area contributed by atoms with E-state index >= 15 is 0 Å². The van der Waals surface area contributed by atoms with Gasteiger partial charge in [-0.05, 0) is 29.8 Å². The lowest BCUT2D eigenvalue weighted by Gasteiger charge is -2.28. The number of carbonyl (C=O) groups is 1. The number of para-hydroxylation sites is 1. The van der Waals surface area contributed by atoms with E-state index in [-0.39, 0.29) is 5.97 Å². The third kappa shape index (κ3) is 3.40. The van der Waals surface area contributed by atoms with E-state index in [4.69, 9.17) is 9.47 Å². The molecule has 0 radical (unpaired) electrons. The standard InChI is InChI=1S/C18H23N5O3/c1-4-5-8-11-26-17(24)15-12(2)19-18-20-21-22-23(18)16(15)13-9-6-7-10-14(13)25-3/h6-7,9-10,16H,4-5,8,11H2,1-3H3,(H,19,20,22)/t16-/m1/s1. The van der Waals surface area contributed by atoms with Crippen LogP contribution < -0.4 is 10.1 Å². The highest BCUT2D eigenvalue weighted by atomic mass is 16.5. The highest BCUT2D eigenvalue weighted by Gasteiger charge is 2.36. The molecular weight excluding hydrogens is 334 g/mol. The molecule has 0 amide bonds. The molecule has 1 aromatic carbocycles. The van der Waals surface area contributed by atoms with Gasteiger partial charge in [-0.1, -0.05) is 43.1 Å². The number of allylic oxidation sites excluding steroid dienone is 1. The van der Waals surface area contributed by atoms with Crippen LogP contribution in [0.4, 0.5) is 5.95 Å². The molecule has 1 aliphatic rings. The zero-order valence-electron chi connectivity index (χ0n) is 15.2. The van der Waals surface area contributed by atoms with Gasteiger partial charge < -0.3 is 14.8 Å². The molecule has 0 unspecified atom stereocenters. The summed E-state index contributed by atoms with van der Waals surface area (Å²) in [5.74, 6) is 0.758. The van der Waals surface area contributed by atoms with Crippen LogP contribution in [0.2, 0.25) is 0 Å². The number of unbranched alkanes of at least 4 members (excludes halogenated alkanes) is 2. The zero-order chi connectivity index (χ0) is 18.5. The second-order valence-corrected chi connectivity index (χ2v) is 6.10. The number of hydrogen-bond acceptors (Lipinski definition) is 7. The normalized spacial score (nSPS) is 16.0. The van der Waals surface area contributed by atoms with E-state index in [0.717, 1.165) is 24.8 Å². The van der Waals surface area contributed by atoms with Crippen LogP contribution in [-0.2, 0) is 9.53 Å². The highest BCUT2D eigenvalue weighted by molar-refractivity contribution is 5.92. The molecule has 26 heavy (non-hydrogen) atoms. The predicted molar refractivity (Wildman–Crippen MR) is 95.8 cm³/mol. The van der Waals surface area contributed by atoms with Gasteiger partial charge >= 0.3 is 5.97 Å². The molecule has 3 rings (SSSR count). The monoisotopic (exact) mass is 357 g/mol. The fraction of sp³-hybridized carbons (Fsp3) is 0.444. The number of ether oxygens (including phenoxy) is 2. The summed E-state index contributed by atoms with van der Waals surface area (Å²) >= 11 is 0. The van der Waals surface area contributed by atoms with Crippen LogP contribution in [-0.4, -0.2) is 39.9 Å². The van der Waals surface area contributed by atoms with Crippen molar-refractivity contribution in [2.24, 2.45) is 0 Å². The van der Waals surface area contributed by atoms with Crippen molar-refractivity contribution in [1.29, 1.82) is 0 Å². The summed E-state index contributed by atoms with van der Waals surface area (Å²) in [5, 5.41) is 14.8. The van der Waals surface area contributed by atoms with Gasteiger partial charge in [0.1, 0.15) is 11.8 Å². The molecule has 138 valence electrons. The maximum Gasteiger partial charge on any atom is 0.338 e. The van der Waals surface area contributed by atoms with Crippen molar-refractivity contribution in [2.45, 2.75) is 39.2 Å². The molecule has 2 heterocycles. The van der Waals surface area contributed by atoms with E-state index in [1.807, 2.05) is 31.2 Å². The van der Waals surface area contributed by atoms with Crippen molar-refractivity contribution in [1.82, 2.24) is 20.2 Å². The summed E-state index contributed by atoms with van der Waals surface area (Å²) < 4.78 is 12.6. The Hall–Kier alpha value is -2.90. The van der Waals surface area contributed by atoms with Gasteiger partial charge in [0.2, 0.25) is 5.95 Å². The van der Waals surface area contributed by atoms with Gasteiger partial charge in [0.05, 0.1) is 19.3 Å². The molecule has 8 nitrogen and oxygen atoms in total. The van der Waals surface area contributed by atoms with Gasteiger partial charge in [-0.2, -0.15) is 4.68 Å². The molecule has 0 bridgehead atoms. The van der Waals surface area contributed by atoms with Gasteiger partial charge in [0, 0.05) is 11.3 Å². The molecule has 0 spiro atoms. The summed E-state index contributed by atoms with van der Waals surface area (Å²) in [6.45, 7) is 4.32.